The van der Waals surface area contributed by atoms with E-state index in [0.717, 1.165) is 23.0 Å². The van der Waals surface area contributed by atoms with Crippen molar-refractivity contribution in [2.45, 2.75) is 23.0 Å². The lowest BCUT2D eigenvalue weighted by Gasteiger charge is -2.10. The Morgan fingerprint density at radius 2 is 0.500 bits per heavy atom. The van der Waals surface area contributed by atoms with Gasteiger partial charge in [-0.15, -0.1) is 0 Å². The lowest BCUT2D eigenvalue weighted by atomic mass is 9.98. The Hall–Kier alpha value is -3.98. The molecule has 0 saturated heterocycles. The molecule has 0 radical (unpaired) electrons. The van der Waals surface area contributed by atoms with Gasteiger partial charge < -0.3 is 0 Å². The molecule has 2 heteroatoms. The van der Waals surface area contributed by atoms with Crippen LogP contribution in [0.3, 0.4) is 0 Å². The Morgan fingerprint density at radius 3 is 0.738 bits per heavy atom. The summed E-state index contributed by atoms with van der Waals surface area (Å²) in [5.74, 6) is 4.03. The van der Waals surface area contributed by atoms with Crippen LogP contribution >= 0.6 is 23.5 Å². The molecule has 0 spiro atoms. The minimum atomic E-state index is 1.01. The van der Waals surface area contributed by atoms with Gasteiger partial charge in [-0.1, -0.05) is 133 Å². The van der Waals surface area contributed by atoms with Gasteiger partial charge >= 0.3 is 0 Å². The molecule has 0 atom stereocenters. The van der Waals surface area contributed by atoms with Crippen molar-refractivity contribution in [3.05, 3.63) is 168 Å². The standard InChI is InChI=1S/C40H32S2/c1-3-37-23-38(4-1)34-17-9-30(10-18-34)26-42-28-32-13-21-36(22-14-32)40-6-2-5-39(24-40)35-19-11-31(12-20-35)27-41-25-29-7-15-33(37)16-8-29/h1-24H,25-28H2. The van der Waals surface area contributed by atoms with E-state index in [9.17, 15) is 0 Å². The van der Waals surface area contributed by atoms with Gasteiger partial charge in [0.15, 0.2) is 0 Å². The number of rotatable bonds is 0. The first-order valence-corrected chi connectivity index (χ1v) is 16.8. The summed E-state index contributed by atoms with van der Waals surface area (Å²) >= 11 is 3.94. The zero-order valence-corrected chi connectivity index (χ0v) is 25.1. The van der Waals surface area contributed by atoms with Crippen molar-refractivity contribution in [3.63, 3.8) is 0 Å². The van der Waals surface area contributed by atoms with Crippen LogP contribution in [0.15, 0.2) is 146 Å². The predicted octanol–water partition coefficient (Wildman–Crippen LogP) is 11.5. The summed E-state index contributed by atoms with van der Waals surface area (Å²) < 4.78 is 0. The van der Waals surface area contributed by atoms with E-state index in [1.165, 1.54) is 66.8 Å². The number of benzene rings is 6. The average Bonchev–Trinajstić information content (AvgIpc) is 3.06. The van der Waals surface area contributed by atoms with Crippen LogP contribution in [0.2, 0.25) is 0 Å². The van der Waals surface area contributed by atoms with Crippen LogP contribution in [-0.4, -0.2) is 0 Å². The monoisotopic (exact) mass is 576 g/mol. The predicted molar refractivity (Wildman–Crippen MR) is 185 cm³/mol. The van der Waals surface area contributed by atoms with Gasteiger partial charge in [-0.2, -0.15) is 23.5 Å². The second-order valence-corrected chi connectivity index (χ2v) is 12.9. The Kier molecular flexibility index (Phi) is 7.99. The number of hydrogen-bond donors (Lipinski definition) is 0. The molecule has 7 heterocycles. The summed E-state index contributed by atoms with van der Waals surface area (Å²) in [7, 11) is 0. The van der Waals surface area contributed by atoms with E-state index in [4.69, 9.17) is 0 Å². The highest BCUT2D eigenvalue weighted by Gasteiger charge is 2.06. The van der Waals surface area contributed by atoms with Crippen LogP contribution in [0, 0.1) is 0 Å². The lowest BCUT2D eigenvalue weighted by Crippen LogP contribution is -1.87. The van der Waals surface area contributed by atoms with Gasteiger partial charge in [0, 0.05) is 23.0 Å². The number of hydrogen-bond acceptors (Lipinski definition) is 2. The molecule has 13 rings (SSSR count). The Bertz CT molecular complexity index is 1520. The summed E-state index contributed by atoms with van der Waals surface area (Å²) in [4.78, 5) is 0. The largest absolute Gasteiger partial charge is 0.152 e. The molecular weight excluding hydrogens is 545 g/mol. The minimum absolute atomic E-state index is 1.01. The zero-order valence-electron chi connectivity index (χ0n) is 23.5. The van der Waals surface area contributed by atoms with E-state index in [-0.39, 0.29) is 0 Å². The van der Waals surface area contributed by atoms with Gasteiger partial charge in [0.2, 0.25) is 0 Å². The lowest BCUT2D eigenvalue weighted by molar-refractivity contribution is 1.36. The maximum Gasteiger partial charge on any atom is 0.0187 e. The van der Waals surface area contributed by atoms with E-state index in [0.29, 0.717) is 0 Å². The molecule has 0 unspecified atom stereocenters. The van der Waals surface area contributed by atoms with E-state index >= 15 is 0 Å². The third-order valence-electron chi connectivity index (χ3n) is 7.95. The van der Waals surface area contributed by atoms with E-state index in [2.05, 4.69) is 146 Å². The van der Waals surface area contributed by atoms with Crippen LogP contribution in [0.4, 0.5) is 0 Å². The molecular formula is C40H32S2. The fourth-order valence-corrected chi connectivity index (χ4v) is 7.42. The molecule has 0 nitrogen and oxygen atoms in total. The summed E-state index contributed by atoms with van der Waals surface area (Å²) in [6.45, 7) is 0. The van der Waals surface area contributed by atoms with Crippen LogP contribution in [0.1, 0.15) is 22.3 Å². The maximum absolute atomic E-state index is 2.31. The van der Waals surface area contributed by atoms with Gasteiger partial charge in [-0.3, -0.25) is 0 Å². The van der Waals surface area contributed by atoms with Gasteiger partial charge in [-0.05, 0) is 78.9 Å². The molecule has 204 valence electrons. The molecule has 0 N–H and O–H groups in total. The zero-order chi connectivity index (χ0) is 28.1. The Labute approximate surface area is 257 Å². The highest BCUT2D eigenvalue weighted by atomic mass is 32.2. The molecule has 0 saturated carbocycles. The van der Waals surface area contributed by atoms with Gasteiger partial charge in [0.05, 0.1) is 0 Å². The van der Waals surface area contributed by atoms with Crippen LogP contribution in [0.5, 0.6) is 0 Å². The molecule has 0 aliphatic carbocycles. The third-order valence-corrected chi connectivity index (χ3v) is 10.1. The van der Waals surface area contributed by atoms with E-state index in [1.807, 2.05) is 23.5 Å². The minimum Gasteiger partial charge on any atom is -0.152 e. The normalized spacial score (nSPS) is 13.1. The molecule has 0 fully saturated rings. The fraction of sp³-hybridized carbons (Fsp3) is 0.100. The fourth-order valence-electron chi connectivity index (χ4n) is 5.50. The topological polar surface area (TPSA) is 0 Å². The molecule has 0 aromatic heterocycles. The summed E-state index contributed by atoms with van der Waals surface area (Å²) in [6, 6.07) is 54.1. The van der Waals surface area contributed by atoms with Crippen LogP contribution in [-0.2, 0) is 23.0 Å². The SMILES string of the molecule is c1cc2cc(c1)-c1ccc(cc1)CSCc1ccc(cc1)-c1cccc(c1)-c1ccc(cc1)CSCc1ccc-2cc1. The molecule has 42 heavy (non-hydrogen) atoms. The second-order valence-electron chi connectivity index (χ2n) is 10.9. The van der Waals surface area contributed by atoms with Gasteiger partial charge in [0.1, 0.15) is 0 Å². The van der Waals surface area contributed by atoms with E-state index < -0.39 is 0 Å². The van der Waals surface area contributed by atoms with E-state index in [1.54, 1.807) is 0 Å². The Morgan fingerprint density at radius 1 is 0.262 bits per heavy atom. The first kappa shape index (κ1) is 26.9. The first-order chi connectivity index (χ1) is 20.8. The summed E-state index contributed by atoms with van der Waals surface area (Å²) in [5.41, 5.74) is 15.6. The van der Waals surface area contributed by atoms with Gasteiger partial charge in [-0.25, -0.2) is 0 Å². The van der Waals surface area contributed by atoms with Gasteiger partial charge in [0.25, 0.3) is 0 Å². The number of thioether (sulfide) groups is 2. The summed E-state index contributed by atoms with van der Waals surface area (Å²) in [6.07, 6.45) is 0. The van der Waals surface area contributed by atoms with Crippen molar-refractivity contribution in [3.8, 4) is 44.5 Å². The van der Waals surface area contributed by atoms with Crippen molar-refractivity contribution in [1.29, 1.82) is 0 Å². The first-order valence-electron chi connectivity index (χ1n) is 14.5. The quantitative estimate of drug-likeness (QED) is 0.176. The molecule has 0 amide bonds. The Balaban J connectivity index is 1.17. The van der Waals surface area contributed by atoms with Crippen LogP contribution in [0.25, 0.3) is 44.5 Å². The molecule has 6 aromatic carbocycles. The van der Waals surface area contributed by atoms with Crippen molar-refractivity contribution >= 4 is 23.5 Å². The summed E-state index contributed by atoms with van der Waals surface area (Å²) in [5, 5.41) is 0. The smallest absolute Gasteiger partial charge is 0.0187 e. The molecule has 6 aromatic rings. The average molecular weight is 577 g/mol. The highest BCUT2D eigenvalue weighted by molar-refractivity contribution is 7.97. The second kappa shape index (κ2) is 12.5. The highest BCUT2D eigenvalue weighted by Crippen LogP contribution is 2.31. The van der Waals surface area contributed by atoms with Crippen LogP contribution < -0.4 is 0 Å². The van der Waals surface area contributed by atoms with Crippen molar-refractivity contribution in [1.82, 2.24) is 0 Å². The molecule has 7 aliphatic heterocycles. The third kappa shape index (κ3) is 6.26. The maximum atomic E-state index is 2.31. The molecule has 12 bridgehead atoms. The van der Waals surface area contributed by atoms with Crippen molar-refractivity contribution < 1.29 is 0 Å². The molecule has 7 aliphatic rings. The van der Waals surface area contributed by atoms with Crippen molar-refractivity contribution in [2.75, 3.05) is 0 Å². The van der Waals surface area contributed by atoms with Crippen molar-refractivity contribution in [2.24, 2.45) is 0 Å².